The Labute approximate surface area is 59.3 Å². The standard InChI is InChI=1S/C5H8O2S2/c1-3-4-5-8-9(2,6)7/h1H,4-5H2,2H3. The van der Waals surface area contributed by atoms with Gasteiger partial charge in [0.05, 0.1) is 0 Å². The Bertz CT molecular complexity index is 197. The minimum atomic E-state index is -2.88. The topological polar surface area (TPSA) is 34.1 Å². The lowest BCUT2D eigenvalue weighted by Gasteiger charge is -1.90. The van der Waals surface area contributed by atoms with Crippen molar-refractivity contribution >= 4 is 19.7 Å². The van der Waals surface area contributed by atoms with Crippen molar-refractivity contribution in [1.29, 1.82) is 0 Å². The molecular weight excluding hydrogens is 156 g/mol. The second kappa shape index (κ2) is 3.80. The number of terminal acetylenes is 1. The van der Waals surface area contributed by atoms with Crippen LogP contribution < -0.4 is 0 Å². The van der Waals surface area contributed by atoms with Crippen LogP contribution in [0.4, 0.5) is 0 Å². The van der Waals surface area contributed by atoms with E-state index in [1.54, 1.807) is 0 Å². The quantitative estimate of drug-likeness (QED) is 0.350. The van der Waals surface area contributed by atoms with Crippen molar-refractivity contribution in [3.63, 3.8) is 0 Å². The SMILES string of the molecule is C#CCCSS(C)(=O)=O. The van der Waals surface area contributed by atoms with Gasteiger partial charge in [0.15, 0.2) is 8.87 Å². The molecule has 0 N–H and O–H groups in total. The van der Waals surface area contributed by atoms with Crippen molar-refractivity contribution in [3.8, 4) is 12.3 Å². The number of hydrogen-bond donors (Lipinski definition) is 0. The predicted octanol–water partition coefficient (Wildman–Crippen LogP) is 0.703. The maximum absolute atomic E-state index is 10.4. The van der Waals surface area contributed by atoms with E-state index in [2.05, 4.69) is 5.92 Å². The Morgan fingerprint density at radius 2 is 2.22 bits per heavy atom. The van der Waals surface area contributed by atoms with Crippen LogP contribution in [0.25, 0.3) is 0 Å². The second-order valence-electron chi connectivity index (χ2n) is 1.48. The van der Waals surface area contributed by atoms with Crippen molar-refractivity contribution in [2.75, 3.05) is 12.0 Å². The first kappa shape index (κ1) is 8.86. The smallest absolute Gasteiger partial charge is 0.198 e. The molecule has 0 aliphatic carbocycles. The minimum absolute atomic E-state index is 0.495. The lowest BCUT2D eigenvalue weighted by Crippen LogP contribution is -1.89. The van der Waals surface area contributed by atoms with Crippen molar-refractivity contribution in [2.24, 2.45) is 0 Å². The molecule has 0 amide bonds. The zero-order chi connectivity index (χ0) is 7.33. The maximum Gasteiger partial charge on any atom is 0.198 e. The molecule has 0 saturated heterocycles. The third kappa shape index (κ3) is 7.86. The molecular formula is C5H8O2S2. The summed E-state index contributed by atoms with van der Waals surface area (Å²) in [4.78, 5) is 0. The molecule has 0 radical (unpaired) electrons. The van der Waals surface area contributed by atoms with Crippen LogP contribution in [-0.4, -0.2) is 20.4 Å². The van der Waals surface area contributed by atoms with Gasteiger partial charge in [0.1, 0.15) is 0 Å². The molecule has 0 fully saturated rings. The van der Waals surface area contributed by atoms with E-state index >= 15 is 0 Å². The molecule has 0 spiro atoms. The van der Waals surface area contributed by atoms with Gasteiger partial charge >= 0.3 is 0 Å². The van der Waals surface area contributed by atoms with Crippen LogP contribution in [0.1, 0.15) is 6.42 Å². The molecule has 2 nitrogen and oxygen atoms in total. The molecule has 0 heterocycles. The molecule has 4 heteroatoms. The Morgan fingerprint density at radius 1 is 1.67 bits per heavy atom. The molecule has 0 aromatic rings. The van der Waals surface area contributed by atoms with Crippen molar-refractivity contribution in [3.05, 3.63) is 0 Å². The van der Waals surface area contributed by atoms with Crippen molar-refractivity contribution in [2.45, 2.75) is 6.42 Å². The van der Waals surface area contributed by atoms with Crippen LogP contribution in [0.3, 0.4) is 0 Å². The monoisotopic (exact) mass is 164 g/mol. The summed E-state index contributed by atoms with van der Waals surface area (Å²) in [5.41, 5.74) is 0. The fourth-order valence-corrected chi connectivity index (χ4v) is 1.91. The fourth-order valence-electron chi connectivity index (χ4n) is 0.252. The largest absolute Gasteiger partial charge is 0.218 e. The molecule has 0 aliphatic rings. The summed E-state index contributed by atoms with van der Waals surface area (Å²) < 4.78 is 20.8. The van der Waals surface area contributed by atoms with Gasteiger partial charge in [0, 0.05) is 18.4 Å². The van der Waals surface area contributed by atoms with Gasteiger partial charge in [-0.15, -0.1) is 12.3 Å². The molecule has 0 rings (SSSR count). The van der Waals surface area contributed by atoms with Gasteiger partial charge < -0.3 is 0 Å². The molecule has 0 saturated carbocycles. The summed E-state index contributed by atoms with van der Waals surface area (Å²) in [6.07, 6.45) is 6.59. The van der Waals surface area contributed by atoms with Gasteiger partial charge in [0.2, 0.25) is 0 Å². The Kier molecular flexibility index (Phi) is 3.75. The van der Waals surface area contributed by atoms with Crippen LogP contribution in [0, 0.1) is 12.3 Å². The normalized spacial score (nSPS) is 10.7. The van der Waals surface area contributed by atoms with Gasteiger partial charge in [-0.1, -0.05) is 0 Å². The van der Waals surface area contributed by atoms with E-state index in [1.165, 1.54) is 6.26 Å². The van der Waals surface area contributed by atoms with Gasteiger partial charge in [-0.3, -0.25) is 0 Å². The lowest BCUT2D eigenvalue weighted by molar-refractivity contribution is 0.615. The van der Waals surface area contributed by atoms with Crippen molar-refractivity contribution in [1.82, 2.24) is 0 Å². The summed E-state index contributed by atoms with van der Waals surface area (Å²) >= 11 is 0. The highest BCUT2D eigenvalue weighted by Gasteiger charge is 1.99. The summed E-state index contributed by atoms with van der Waals surface area (Å²) in [7, 11) is -1.99. The average molecular weight is 164 g/mol. The first-order valence-corrected chi connectivity index (χ1v) is 5.73. The van der Waals surface area contributed by atoms with E-state index in [0.717, 1.165) is 10.8 Å². The molecule has 9 heavy (non-hydrogen) atoms. The van der Waals surface area contributed by atoms with E-state index in [1.807, 2.05) is 0 Å². The molecule has 0 aromatic heterocycles. The molecule has 0 aromatic carbocycles. The van der Waals surface area contributed by atoms with E-state index in [-0.39, 0.29) is 0 Å². The van der Waals surface area contributed by atoms with Crippen LogP contribution in [-0.2, 0) is 8.87 Å². The first-order valence-electron chi connectivity index (χ1n) is 2.34. The van der Waals surface area contributed by atoms with E-state index in [9.17, 15) is 8.42 Å². The summed E-state index contributed by atoms with van der Waals surface area (Å²) in [5, 5.41) is 0. The highest BCUT2D eigenvalue weighted by molar-refractivity contribution is 8.71. The molecule has 0 aliphatic heterocycles. The van der Waals surface area contributed by atoms with Crippen molar-refractivity contribution < 1.29 is 8.42 Å². The number of hydrogen-bond acceptors (Lipinski definition) is 3. The first-order chi connectivity index (χ1) is 4.06. The highest BCUT2D eigenvalue weighted by atomic mass is 33.1. The Balaban J connectivity index is 3.44. The van der Waals surface area contributed by atoms with Gasteiger partial charge in [0.25, 0.3) is 0 Å². The fraction of sp³-hybridized carbons (Fsp3) is 0.600. The van der Waals surface area contributed by atoms with Crippen LogP contribution in [0.15, 0.2) is 0 Å². The highest BCUT2D eigenvalue weighted by Crippen LogP contribution is 2.09. The molecule has 52 valence electrons. The number of rotatable bonds is 3. The van der Waals surface area contributed by atoms with Crippen LogP contribution in [0.2, 0.25) is 0 Å². The van der Waals surface area contributed by atoms with Gasteiger partial charge in [-0.25, -0.2) is 8.42 Å². The van der Waals surface area contributed by atoms with Gasteiger partial charge in [-0.05, 0) is 10.8 Å². The zero-order valence-electron chi connectivity index (χ0n) is 5.12. The zero-order valence-corrected chi connectivity index (χ0v) is 6.76. The predicted molar refractivity (Wildman–Crippen MR) is 40.8 cm³/mol. The van der Waals surface area contributed by atoms with E-state index in [4.69, 9.17) is 6.42 Å². The minimum Gasteiger partial charge on any atom is -0.218 e. The maximum atomic E-state index is 10.4. The van der Waals surface area contributed by atoms with E-state index < -0.39 is 8.87 Å². The van der Waals surface area contributed by atoms with E-state index in [0.29, 0.717) is 12.2 Å². The third-order valence-electron chi connectivity index (χ3n) is 0.544. The molecule has 0 atom stereocenters. The molecule has 0 unspecified atom stereocenters. The summed E-state index contributed by atoms with van der Waals surface area (Å²) in [5.74, 6) is 2.85. The summed E-state index contributed by atoms with van der Waals surface area (Å²) in [6, 6.07) is 0. The third-order valence-corrected chi connectivity index (χ3v) is 3.13. The average Bonchev–Trinajstić information content (AvgIpc) is 1.63. The summed E-state index contributed by atoms with van der Waals surface area (Å²) in [6.45, 7) is 0. The van der Waals surface area contributed by atoms with Crippen LogP contribution in [0.5, 0.6) is 0 Å². The van der Waals surface area contributed by atoms with Crippen LogP contribution >= 0.6 is 10.8 Å². The lowest BCUT2D eigenvalue weighted by atomic mass is 10.5. The second-order valence-corrected chi connectivity index (χ2v) is 6.06. The molecule has 0 bridgehead atoms. The Morgan fingerprint density at radius 3 is 2.56 bits per heavy atom. The van der Waals surface area contributed by atoms with Gasteiger partial charge in [-0.2, -0.15) is 0 Å². The Hall–Kier alpha value is -0.140.